The molecule has 1 spiro atoms. The normalized spacial score (nSPS) is 18.7. The first-order chi connectivity index (χ1) is 10.6. The predicted molar refractivity (Wildman–Crippen MR) is 89.4 cm³/mol. The summed E-state index contributed by atoms with van der Waals surface area (Å²) >= 11 is 1.51. The highest BCUT2D eigenvalue weighted by atomic mass is 35.5. The number of fused-ring (bicyclic) bond motifs is 2. The number of hydrogen-bond acceptors (Lipinski definition) is 6. The van der Waals surface area contributed by atoms with Crippen molar-refractivity contribution in [3.63, 3.8) is 0 Å². The fraction of sp³-hybridized carbons (Fsp3) is 0.600. The Morgan fingerprint density at radius 3 is 2.87 bits per heavy atom. The van der Waals surface area contributed by atoms with E-state index < -0.39 is 5.97 Å². The van der Waals surface area contributed by atoms with Crippen LogP contribution < -0.4 is 10.6 Å². The Morgan fingerprint density at radius 2 is 2.17 bits per heavy atom. The average Bonchev–Trinajstić information content (AvgIpc) is 2.99. The quantitative estimate of drug-likeness (QED) is 0.793. The van der Waals surface area contributed by atoms with E-state index in [1.165, 1.54) is 23.3 Å². The Morgan fingerprint density at radius 1 is 1.43 bits per heavy atom. The molecule has 0 unspecified atom stereocenters. The molecule has 1 aromatic rings. The van der Waals surface area contributed by atoms with Crippen LogP contribution in [0.4, 0.5) is 0 Å². The van der Waals surface area contributed by atoms with Gasteiger partial charge < -0.3 is 20.1 Å². The second kappa shape index (κ2) is 7.61. The number of amides is 1. The maximum Gasteiger partial charge on any atom is 0.325 e. The number of hydrogen-bond donors (Lipinski definition) is 2. The molecular weight excluding hydrogens is 340 g/mol. The number of halogens is 1. The number of esters is 1. The van der Waals surface area contributed by atoms with E-state index >= 15 is 0 Å². The van der Waals surface area contributed by atoms with Crippen molar-refractivity contribution in [1.82, 2.24) is 10.6 Å². The highest BCUT2D eigenvalue weighted by Gasteiger charge is 2.40. The molecule has 3 heterocycles. The Hall–Kier alpha value is -1.15. The van der Waals surface area contributed by atoms with Crippen molar-refractivity contribution in [2.45, 2.75) is 24.9 Å². The first-order valence-electron chi connectivity index (χ1n) is 7.47. The Bertz CT molecular complexity index is 584. The minimum atomic E-state index is -0.451. The van der Waals surface area contributed by atoms with Crippen LogP contribution in [0.1, 0.15) is 33.0 Å². The summed E-state index contributed by atoms with van der Waals surface area (Å²) in [6, 6.07) is 1.94. The molecule has 0 atom stereocenters. The fourth-order valence-electron chi connectivity index (χ4n) is 3.08. The van der Waals surface area contributed by atoms with E-state index in [-0.39, 0.29) is 30.5 Å². The molecule has 8 heteroatoms. The largest absolute Gasteiger partial charge is 0.468 e. The van der Waals surface area contributed by atoms with E-state index in [0.717, 1.165) is 37.9 Å². The van der Waals surface area contributed by atoms with Gasteiger partial charge in [0.25, 0.3) is 5.91 Å². The lowest BCUT2D eigenvalue weighted by molar-refractivity contribution is -0.139. The standard InChI is InChI=1S/C15H20N2O4S.ClH/c1-20-13(18)9-17-14(19)12-8-10-11(22-12)2-7-21-15(10)3-5-16-6-4-15;/h8,16H,2-7,9H2,1H3,(H,17,19);1H. The lowest BCUT2D eigenvalue weighted by atomic mass is 9.83. The SMILES string of the molecule is COC(=O)CNC(=O)c1cc2c(s1)CCOC21CCNCC1.Cl. The van der Waals surface area contributed by atoms with E-state index in [0.29, 0.717) is 11.5 Å². The van der Waals surface area contributed by atoms with Gasteiger partial charge in [-0.15, -0.1) is 23.7 Å². The van der Waals surface area contributed by atoms with Gasteiger partial charge in [-0.1, -0.05) is 0 Å². The summed E-state index contributed by atoms with van der Waals surface area (Å²) in [4.78, 5) is 25.2. The van der Waals surface area contributed by atoms with E-state index in [4.69, 9.17) is 4.74 Å². The lowest BCUT2D eigenvalue weighted by Crippen LogP contribution is -2.44. The van der Waals surface area contributed by atoms with Gasteiger partial charge >= 0.3 is 5.97 Å². The van der Waals surface area contributed by atoms with Crippen molar-refractivity contribution in [2.24, 2.45) is 0 Å². The van der Waals surface area contributed by atoms with Crippen molar-refractivity contribution in [3.05, 3.63) is 21.4 Å². The molecule has 1 amide bonds. The number of thiophene rings is 1. The zero-order valence-corrected chi connectivity index (χ0v) is 14.6. The molecule has 3 rings (SSSR count). The first kappa shape index (κ1) is 18.2. The van der Waals surface area contributed by atoms with Crippen LogP contribution in [0.5, 0.6) is 0 Å². The molecule has 1 aromatic heterocycles. The molecule has 2 aliphatic heterocycles. The molecule has 2 aliphatic rings. The lowest BCUT2D eigenvalue weighted by Gasteiger charge is -2.40. The van der Waals surface area contributed by atoms with Gasteiger partial charge in [0.2, 0.25) is 0 Å². The third kappa shape index (κ3) is 3.68. The van der Waals surface area contributed by atoms with Gasteiger partial charge in [-0.3, -0.25) is 9.59 Å². The minimum absolute atomic E-state index is 0. The maximum absolute atomic E-state index is 12.2. The summed E-state index contributed by atoms with van der Waals surface area (Å²) in [5.41, 5.74) is 0.921. The van der Waals surface area contributed by atoms with Crippen LogP contribution >= 0.6 is 23.7 Å². The van der Waals surface area contributed by atoms with Gasteiger partial charge in [0, 0.05) is 11.3 Å². The molecule has 0 radical (unpaired) electrons. The highest BCUT2D eigenvalue weighted by molar-refractivity contribution is 7.14. The number of carbonyl (C=O) groups is 2. The van der Waals surface area contributed by atoms with Crippen LogP contribution in [0.2, 0.25) is 0 Å². The van der Waals surface area contributed by atoms with E-state index in [9.17, 15) is 9.59 Å². The van der Waals surface area contributed by atoms with Gasteiger partial charge in [-0.2, -0.15) is 0 Å². The van der Waals surface area contributed by atoms with Crippen LogP contribution in [0, 0.1) is 0 Å². The number of rotatable bonds is 3. The first-order valence-corrected chi connectivity index (χ1v) is 8.29. The van der Waals surface area contributed by atoms with E-state index in [1.54, 1.807) is 0 Å². The minimum Gasteiger partial charge on any atom is -0.468 e. The maximum atomic E-state index is 12.2. The smallest absolute Gasteiger partial charge is 0.325 e. The summed E-state index contributed by atoms with van der Waals surface area (Å²) in [6.45, 7) is 2.46. The summed E-state index contributed by atoms with van der Waals surface area (Å²) in [5, 5.41) is 5.94. The zero-order valence-electron chi connectivity index (χ0n) is 13.0. The third-order valence-electron chi connectivity index (χ3n) is 4.26. The van der Waals surface area contributed by atoms with Gasteiger partial charge in [-0.05, 0) is 37.6 Å². The van der Waals surface area contributed by atoms with Crippen LogP contribution in [0.25, 0.3) is 0 Å². The van der Waals surface area contributed by atoms with Crippen molar-refractivity contribution in [1.29, 1.82) is 0 Å². The summed E-state index contributed by atoms with van der Waals surface area (Å²) in [5.74, 6) is -0.679. The summed E-state index contributed by atoms with van der Waals surface area (Å²) in [6.07, 6.45) is 2.71. The van der Waals surface area contributed by atoms with Gasteiger partial charge in [-0.25, -0.2) is 0 Å². The molecule has 0 aliphatic carbocycles. The summed E-state index contributed by atoms with van der Waals surface area (Å²) < 4.78 is 10.6. The Balaban J connectivity index is 0.00000192. The van der Waals surface area contributed by atoms with Crippen molar-refractivity contribution >= 4 is 35.6 Å². The number of nitrogens with one attached hydrogen (secondary N) is 2. The van der Waals surface area contributed by atoms with E-state index in [1.807, 2.05) is 6.07 Å². The molecule has 0 aromatic carbocycles. The van der Waals surface area contributed by atoms with Crippen molar-refractivity contribution < 1.29 is 19.1 Å². The topological polar surface area (TPSA) is 76.7 Å². The second-order valence-corrected chi connectivity index (χ2v) is 6.69. The Kier molecular flexibility index (Phi) is 6.02. The number of methoxy groups -OCH3 is 1. The number of carbonyl (C=O) groups excluding carboxylic acids is 2. The third-order valence-corrected chi connectivity index (χ3v) is 5.46. The molecule has 23 heavy (non-hydrogen) atoms. The second-order valence-electron chi connectivity index (χ2n) is 5.55. The monoisotopic (exact) mass is 360 g/mol. The average molecular weight is 361 g/mol. The molecular formula is C15H21ClN2O4S. The van der Waals surface area contributed by atoms with Crippen molar-refractivity contribution in [3.8, 4) is 0 Å². The number of piperidine rings is 1. The van der Waals surface area contributed by atoms with Crippen LogP contribution in [0.15, 0.2) is 6.07 Å². The van der Waals surface area contributed by atoms with Gasteiger partial charge in [0.05, 0.1) is 24.2 Å². The highest BCUT2D eigenvalue weighted by Crippen LogP contribution is 2.43. The van der Waals surface area contributed by atoms with Crippen molar-refractivity contribution in [2.75, 3.05) is 33.4 Å². The van der Waals surface area contributed by atoms with Gasteiger partial charge in [0.1, 0.15) is 6.54 Å². The molecule has 0 saturated carbocycles. The van der Waals surface area contributed by atoms with Gasteiger partial charge in [0.15, 0.2) is 0 Å². The molecule has 6 nitrogen and oxygen atoms in total. The molecule has 1 saturated heterocycles. The Labute approximate surface area is 145 Å². The van der Waals surface area contributed by atoms with E-state index in [2.05, 4.69) is 15.4 Å². The molecule has 2 N–H and O–H groups in total. The summed E-state index contributed by atoms with van der Waals surface area (Å²) in [7, 11) is 1.30. The zero-order chi connectivity index (χ0) is 15.6. The van der Waals surface area contributed by atoms with Crippen LogP contribution in [0.3, 0.4) is 0 Å². The predicted octanol–water partition coefficient (Wildman–Crippen LogP) is 1.22. The molecule has 1 fully saturated rings. The number of ether oxygens (including phenoxy) is 2. The van der Waals surface area contributed by atoms with Crippen LogP contribution in [-0.2, 0) is 26.3 Å². The van der Waals surface area contributed by atoms with Crippen LogP contribution in [-0.4, -0.2) is 45.2 Å². The fourth-order valence-corrected chi connectivity index (χ4v) is 4.23. The molecule has 128 valence electrons. The molecule has 0 bridgehead atoms.